The second-order valence-corrected chi connectivity index (χ2v) is 6.93. The number of anilines is 1. The molecule has 1 heterocycles. The summed E-state index contributed by atoms with van der Waals surface area (Å²) < 4.78 is 7.37. The second-order valence-electron chi connectivity index (χ2n) is 5.28. The van der Waals surface area contributed by atoms with E-state index in [2.05, 4.69) is 5.32 Å². The van der Waals surface area contributed by atoms with Crippen molar-refractivity contribution in [2.24, 2.45) is 0 Å². The number of hydrogen-bond acceptors (Lipinski definition) is 5. The Morgan fingerprint density at radius 1 is 1.20 bits per heavy atom. The van der Waals surface area contributed by atoms with Crippen LogP contribution in [0.4, 0.5) is 5.82 Å². The Kier molecular flexibility index (Phi) is 5.16. The lowest BCUT2D eigenvalue weighted by Gasteiger charge is -2.08. The first kappa shape index (κ1) is 17.2. The molecule has 25 heavy (non-hydrogen) atoms. The van der Waals surface area contributed by atoms with Gasteiger partial charge in [-0.25, -0.2) is 0 Å². The predicted octanol–water partition coefficient (Wildman–Crippen LogP) is 3.79. The Morgan fingerprint density at radius 2 is 1.88 bits per heavy atom. The summed E-state index contributed by atoms with van der Waals surface area (Å²) in [5.74, 6) is 0.848. The summed E-state index contributed by atoms with van der Waals surface area (Å²) in [7, 11) is 1.61. The number of aromatic nitrogens is 1. The van der Waals surface area contributed by atoms with E-state index in [0.717, 1.165) is 17.0 Å². The molecule has 1 amide bonds. The van der Waals surface area contributed by atoms with E-state index >= 15 is 0 Å². The van der Waals surface area contributed by atoms with Crippen molar-refractivity contribution in [3.8, 4) is 11.4 Å². The molecule has 0 saturated heterocycles. The summed E-state index contributed by atoms with van der Waals surface area (Å²) in [4.78, 5) is 12.9. The minimum atomic E-state index is -0.232. The molecule has 0 spiro atoms. The number of nitrogens with one attached hydrogen (secondary N) is 1. The molecule has 3 N–H and O–H groups in total. The fourth-order valence-corrected chi connectivity index (χ4v) is 3.67. The van der Waals surface area contributed by atoms with Gasteiger partial charge in [0.05, 0.1) is 7.11 Å². The van der Waals surface area contributed by atoms with Crippen molar-refractivity contribution in [1.82, 2.24) is 9.88 Å². The summed E-state index contributed by atoms with van der Waals surface area (Å²) in [5, 5.41) is 2.88. The van der Waals surface area contributed by atoms with Gasteiger partial charge in [-0.15, -0.1) is 0 Å². The third-order valence-corrected chi connectivity index (χ3v) is 5.07. The van der Waals surface area contributed by atoms with Crippen molar-refractivity contribution in [3.05, 3.63) is 69.0 Å². The molecule has 0 atom stereocenters. The first-order chi connectivity index (χ1) is 12.1. The van der Waals surface area contributed by atoms with Crippen LogP contribution in [0.5, 0.6) is 5.75 Å². The van der Waals surface area contributed by atoms with Crippen LogP contribution in [0.15, 0.2) is 54.6 Å². The van der Waals surface area contributed by atoms with Gasteiger partial charge in [0.1, 0.15) is 16.4 Å². The van der Waals surface area contributed by atoms with Crippen LogP contribution in [0.3, 0.4) is 0 Å². The van der Waals surface area contributed by atoms with Crippen LogP contribution in [-0.4, -0.2) is 17.6 Å². The molecule has 3 aromatic rings. The van der Waals surface area contributed by atoms with Gasteiger partial charge in [-0.05, 0) is 42.0 Å². The number of methoxy groups -OCH3 is 1. The van der Waals surface area contributed by atoms with Crippen LogP contribution in [0, 0.1) is 3.95 Å². The van der Waals surface area contributed by atoms with E-state index in [-0.39, 0.29) is 5.91 Å². The summed E-state index contributed by atoms with van der Waals surface area (Å²) in [5.41, 5.74) is 8.01. The van der Waals surface area contributed by atoms with Crippen molar-refractivity contribution in [3.63, 3.8) is 0 Å². The van der Waals surface area contributed by atoms with Crippen LogP contribution < -0.4 is 15.8 Å². The summed E-state index contributed by atoms with van der Waals surface area (Å²) in [6.45, 7) is 0.437. The molecule has 0 aliphatic rings. The zero-order chi connectivity index (χ0) is 17.8. The van der Waals surface area contributed by atoms with Gasteiger partial charge in [0.2, 0.25) is 0 Å². The number of carbonyl (C=O) groups is 1. The van der Waals surface area contributed by atoms with Crippen LogP contribution in [-0.2, 0) is 6.54 Å². The number of nitrogens with two attached hydrogens (primary N) is 1. The number of benzene rings is 2. The average Bonchev–Trinajstić information content (AvgIpc) is 2.95. The van der Waals surface area contributed by atoms with Crippen LogP contribution >= 0.6 is 23.6 Å². The highest BCUT2D eigenvalue weighted by molar-refractivity contribution is 7.73. The maximum atomic E-state index is 12.5. The SMILES string of the molecule is COc1ccc(-n2c(N)c(C(=O)NCc3ccccc3)sc2=S)cc1. The molecule has 0 bridgehead atoms. The number of hydrogen-bond donors (Lipinski definition) is 2. The summed E-state index contributed by atoms with van der Waals surface area (Å²) in [6.07, 6.45) is 0. The number of nitrogens with zero attached hydrogens (tertiary/aromatic N) is 1. The molecule has 128 valence electrons. The van der Waals surface area contributed by atoms with E-state index < -0.39 is 0 Å². The average molecular weight is 371 g/mol. The molecule has 1 aromatic heterocycles. The molecule has 0 saturated carbocycles. The van der Waals surface area contributed by atoms with Crippen molar-refractivity contribution in [1.29, 1.82) is 0 Å². The molecule has 0 fully saturated rings. The van der Waals surface area contributed by atoms with Gasteiger partial charge in [-0.3, -0.25) is 9.36 Å². The summed E-state index contributed by atoms with van der Waals surface area (Å²) >= 11 is 6.59. The maximum absolute atomic E-state index is 12.5. The van der Waals surface area contributed by atoms with Crippen LogP contribution in [0.1, 0.15) is 15.2 Å². The number of thiazole rings is 1. The van der Waals surface area contributed by atoms with E-state index in [0.29, 0.717) is 21.2 Å². The third-order valence-electron chi connectivity index (χ3n) is 3.68. The van der Waals surface area contributed by atoms with Gasteiger partial charge in [0.15, 0.2) is 3.95 Å². The zero-order valence-electron chi connectivity index (χ0n) is 13.6. The second kappa shape index (κ2) is 7.50. The predicted molar refractivity (Wildman–Crippen MR) is 103 cm³/mol. The number of rotatable bonds is 5. The molecule has 0 unspecified atom stereocenters. The molecule has 3 rings (SSSR count). The van der Waals surface area contributed by atoms with Gasteiger partial charge in [0.25, 0.3) is 5.91 Å². The van der Waals surface area contributed by atoms with Crippen LogP contribution in [0.2, 0.25) is 0 Å². The third kappa shape index (κ3) is 3.72. The van der Waals surface area contributed by atoms with Gasteiger partial charge < -0.3 is 15.8 Å². The number of nitrogen functional groups attached to an aromatic ring is 1. The highest BCUT2D eigenvalue weighted by Crippen LogP contribution is 2.27. The number of ether oxygens (including phenoxy) is 1. The van der Waals surface area contributed by atoms with Gasteiger partial charge >= 0.3 is 0 Å². The standard InChI is InChI=1S/C18H17N3O2S2/c1-23-14-9-7-13(8-10-14)21-16(19)15(25-18(21)24)17(22)20-11-12-5-3-2-4-6-12/h2-10H,11,19H2,1H3,(H,20,22). The number of carbonyl (C=O) groups excluding carboxylic acids is 1. The summed E-state index contributed by atoms with van der Waals surface area (Å²) in [6, 6.07) is 17.0. The van der Waals surface area contributed by atoms with E-state index in [9.17, 15) is 4.79 Å². The fourth-order valence-electron chi connectivity index (χ4n) is 2.38. The molecule has 0 aliphatic carbocycles. The lowest BCUT2D eigenvalue weighted by Crippen LogP contribution is -2.23. The Hall–Kier alpha value is -2.64. The zero-order valence-corrected chi connectivity index (χ0v) is 15.2. The smallest absolute Gasteiger partial charge is 0.265 e. The van der Waals surface area contributed by atoms with Gasteiger partial charge in [-0.1, -0.05) is 41.7 Å². The highest BCUT2D eigenvalue weighted by Gasteiger charge is 2.18. The minimum absolute atomic E-state index is 0.232. The highest BCUT2D eigenvalue weighted by atomic mass is 32.1. The van der Waals surface area contributed by atoms with E-state index in [1.54, 1.807) is 11.7 Å². The van der Waals surface area contributed by atoms with Crippen molar-refractivity contribution >= 4 is 35.3 Å². The topological polar surface area (TPSA) is 69.3 Å². The van der Waals surface area contributed by atoms with Crippen molar-refractivity contribution < 1.29 is 9.53 Å². The largest absolute Gasteiger partial charge is 0.497 e. The molecular weight excluding hydrogens is 354 g/mol. The normalized spacial score (nSPS) is 10.4. The molecule has 7 heteroatoms. The Balaban J connectivity index is 1.83. The lowest BCUT2D eigenvalue weighted by molar-refractivity contribution is 0.0955. The first-order valence-electron chi connectivity index (χ1n) is 7.58. The van der Waals surface area contributed by atoms with E-state index in [1.165, 1.54) is 11.3 Å². The number of amides is 1. The molecular formula is C18H17N3O2S2. The molecule has 5 nitrogen and oxygen atoms in total. The Bertz CT molecular complexity index is 931. The maximum Gasteiger partial charge on any atom is 0.265 e. The molecule has 0 radical (unpaired) electrons. The minimum Gasteiger partial charge on any atom is -0.497 e. The van der Waals surface area contributed by atoms with Crippen molar-refractivity contribution in [2.45, 2.75) is 6.54 Å². The van der Waals surface area contributed by atoms with Gasteiger partial charge in [-0.2, -0.15) is 0 Å². The Morgan fingerprint density at radius 3 is 2.52 bits per heavy atom. The van der Waals surface area contributed by atoms with E-state index in [4.69, 9.17) is 22.7 Å². The monoisotopic (exact) mass is 371 g/mol. The van der Waals surface area contributed by atoms with E-state index in [1.807, 2.05) is 54.6 Å². The van der Waals surface area contributed by atoms with Crippen LogP contribution in [0.25, 0.3) is 5.69 Å². The van der Waals surface area contributed by atoms with Gasteiger partial charge in [0, 0.05) is 12.2 Å². The fraction of sp³-hybridized carbons (Fsp3) is 0.111. The first-order valence-corrected chi connectivity index (χ1v) is 8.80. The lowest BCUT2D eigenvalue weighted by atomic mass is 10.2. The quantitative estimate of drug-likeness (QED) is 0.670. The molecule has 0 aliphatic heterocycles. The molecule has 2 aromatic carbocycles. The Labute approximate surface area is 154 Å². The van der Waals surface area contributed by atoms with Crippen molar-refractivity contribution in [2.75, 3.05) is 12.8 Å².